The van der Waals surface area contributed by atoms with Crippen LogP contribution in [0.4, 0.5) is 11.6 Å². The summed E-state index contributed by atoms with van der Waals surface area (Å²) < 4.78 is 5.10. The molecule has 2 aromatic rings. The third kappa shape index (κ3) is 6.91. The van der Waals surface area contributed by atoms with Gasteiger partial charge in [0.15, 0.2) is 6.10 Å². The Morgan fingerprint density at radius 1 is 1.16 bits per heavy atom. The fourth-order valence-corrected chi connectivity index (χ4v) is 3.41. The first-order valence-electron chi connectivity index (χ1n) is 10.8. The van der Waals surface area contributed by atoms with Crippen molar-refractivity contribution in [3.63, 3.8) is 0 Å². The molecule has 1 saturated heterocycles. The molecule has 1 aromatic heterocycles. The molecule has 0 aliphatic carbocycles. The Labute approximate surface area is 188 Å². The fraction of sp³-hybridized carbons (Fsp3) is 0.478. The summed E-state index contributed by atoms with van der Waals surface area (Å²) >= 11 is 0. The van der Waals surface area contributed by atoms with Gasteiger partial charge in [-0.3, -0.25) is 4.79 Å². The quantitative estimate of drug-likeness (QED) is 0.559. The lowest BCUT2D eigenvalue weighted by Crippen LogP contribution is -2.40. The second-order valence-electron chi connectivity index (χ2n) is 8.78. The minimum Gasteiger partial charge on any atom is -0.458 e. The van der Waals surface area contributed by atoms with Gasteiger partial charge in [-0.05, 0) is 63.9 Å². The number of ether oxygens (including phenoxy) is 1. The number of hydrogen-bond acceptors (Lipinski definition) is 8. The summed E-state index contributed by atoms with van der Waals surface area (Å²) in [4.78, 5) is 34.9. The zero-order valence-corrected chi connectivity index (χ0v) is 18.7. The van der Waals surface area contributed by atoms with Gasteiger partial charge in [0.25, 0.3) is 5.91 Å². The molecule has 1 aromatic carbocycles. The van der Waals surface area contributed by atoms with E-state index in [-0.39, 0.29) is 12.5 Å². The van der Waals surface area contributed by atoms with Crippen molar-refractivity contribution >= 4 is 23.5 Å². The van der Waals surface area contributed by atoms with Crippen molar-refractivity contribution in [2.75, 3.05) is 29.9 Å². The highest BCUT2D eigenvalue weighted by Gasteiger charge is 2.24. The highest BCUT2D eigenvalue weighted by Crippen LogP contribution is 2.22. The molecule has 2 heterocycles. The normalized spacial score (nSPS) is 15.7. The highest BCUT2D eigenvalue weighted by atomic mass is 16.6. The van der Waals surface area contributed by atoms with Crippen molar-refractivity contribution in [3.8, 4) is 0 Å². The first-order valence-corrected chi connectivity index (χ1v) is 10.8. The molecule has 0 spiro atoms. The molecule has 1 atom stereocenters. The number of hydrogen-bond donors (Lipinski definition) is 3. The van der Waals surface area contributed by atoms with Crippen molar-refractivity contribution in [1.29, 1.82) is 0 Å². The molecular formula is C23H31N5O4. The van der Waals surface area contributed by atoms with Crippen LogP contribution >= 0.6 is 0 Å². The second-order valence-corrected chi connectivity index (χ2v) is 8.78. The van der Waals surface area contributed by atoms with Crippen molar-refractivity contribution in [2.24, 2.45) is 0 Å². The number of carbonyl (C=O) groups excluding carboxylic acids is 2. The van der Waals surface area contributed by atoms with Crippen molar-refractivity contribution in [2.45, 2.75) is 51.4 Å². The minimum absolute atomic E-state index is 0.207. The Morgan fingerprint density at radius 3 is 2.38 bits per heavy atom. The molecule has 1 fully saturated rings. The van der Waals surface area contributed by atoms with E-state index in [9.17, 15) is 14.7 Å². The summed E-state index contributed by atoms with van der Waals surface area (Å²) in [5.74, 6) is -0.465. The van der Waals surface area contributed by atoms with Crippen LogP contribution in [0.15, 0.2) is 42.7 Å². The van der Waals surface area contributed by atoms with Crippen LogP contribution in [0.5, 0.6) is 0 Å². The molecule has 172 valence electrons. The van der Waals surface area contributed by atoms with E-state index in [0.717, 1.165) is 31.6 Å². The van der Waals surface area contributed by atoms with Crippen molar-refractivity contribution < 1.29 is 19.4 Å². The lowest BCUT2D eigenvalue weighted by molar-refractivity contribution is -0.164. The molecule has 3 N–H and O–H groups in total. The topological polar surface area (TPSA) is 117 Å². The van der Waals surface area contributed by atoms with Crippen LogP contribution in [0.2, 0.25) is 0 Å². The van der Waals surface area contributed by atoms with Crippen LogP contribution in [0, 0.1) is 0 Å². The number of aromatic nitrogens is 2. The van der Waals surface area contributed by atoms with Crippen molar-refractivity contribution in [3.05, 3.63) is 48.3 Å². The third-order valence-corrected chi connectivity index (χ3v) is 5.02. The van der Waals surface area contributed by atoms with Gasteiger partial charge in [0.2, 0.25) is 5.95 Å². The zero-order valence-electron chi connectivity index (χ0n) is 18.7. The summed E-state index contributed by atoms with van der Waals surface area (Å²) in [5.41, 5.74) is 0.810. The lowest BCUT2D eigenvalue weighted by Gasteiger charge is -2.34. The number of rotatable bonds is 7. The summed E-state index contributed by atoms with van der Waals surface area (Å²) in [6.45, 7) is 6.72. The maximum Gasteiger partial charge on any atom is 0.337 e. The van der Waals surface area contributed by atoms with E-state index in [1.165, 1.54) is 0 Å². The van der Waals surface area contributed by atoms with Gasteiger partial charge < -0.3 is 25.4 Å². The zero-order chi connectivity index (χ0) is 23.1. The molecule has 0 bridgehead atoms. The largest absolute Gasteiger partial charge is 0.458 e. The monoisotopic (exact) mass is 441 g/mol. The Hall–Kier alpha value is -3.20. The number of aliphatic hydroxyl groups is 1. The van der Waals surface area contributed by atoms with Gasteiger partial charge >= 0.3 is 5.97 Å². The smallest absolute Gasteiger partial charge is 0.337 e. The number of benzene rings is 1. The summed E-state index contributed by atoms with van der Waals surface area (Å²) in [6, 6.07) is 9.43. The van der Waals surface area contributed by atoms with Crippen LogP contribution in [0.25, 0.3) is 0 Å². The number of carbonyl (C=O) groups is 2. The number of piperidine rings is 1. The number of nitrogens with zero attached hydrogens (tertiary/aromatic N) is 3. The van der Waals surface area contributed by atoms with E-state index in [1.807, 2.05) is 12.1 Å². The molecule has 1 unspecified atom stereocenters. The predicted molar refractivity (Wildman–Crippen MR) is 122 cm³/mol. The van der Waals surface area contributed by atoms with Gasteiger partial charge in [-0.25, -0.2) is 14.8 Å². The van der Waals surface area contributed by atoms with Gasteiger partial charge in [0, 0.05) is 42.8 Å². The van der Waals surface area contributed by atoms with E-state index in [4.69, 9.17) is 4.74 Å². The van der Waals surface area contributed by atoms with Gasteiger partial charge in [-0.15, -0.1) is 0 Å². The van der Waals surface area contributed by atoms with E-state index in [0.29, 0.717) is 17.6 Å². The molecule has 9 heteroatoms. The molecule has 0 saturated carbocycles. The summed E-state index contributed by atoms with van der Waals surface area (Å²) in [7, 11) is 0. The maximum absolute atomic E-state index is 12.4. The van der Waals surface area contributed by atoms with Crippen LogP contribution < -0.4 is 15.5 Å². The summed E-state index contributed by atoms with van der Waals surface area (Å²) in [5, 5.41) is 15.8. The average molecular weight is 442 g/mol. The Bertz CT molecular complexity index is 891. The van der Waals surface area contributed by atoms with Gasteiger partial charge in [0.05, 0.1) is 6.54 Å². The predicted octanol–water partition coefficient (Wildman–Crippen LogP) is 1.99. The summed E-state index contributed by atoms with van der Waals surface area (Å²) in [6.07, 6.45) is 3.96. The SMILES string of the molecule is CC(C)(C)OC(=O)C(O)CNC(=O)c1ccc(N2CCC(Nc3ncccn3)CC2)cc1. The van der Waals surface area contributed by atoms with E-state index in [1.54, 1.807) is 51.4 Å². The molecule has 1 aliphatic rings. The molecule has 9 nitrogen and oxygen atoms in total. The third-order valence-electron chi connectivity index (χ3n) is 5.02. The number of nitrogens with one attached hydrogen (secondary N) is 2. The van der Waals surface area contributed by atoms with Crippen LogP contribution in [0.3, 0.4) is 0 Å². The average Bonchev–Trinajstić information content (AvgIpc) is 2.77. The van der Waals surface area contributed by atoms with Gasteiger partial charge in [0.1, 0.15) is 5.60 Å². The Morgan fingerprint density at radius 2 is 1.78 bits per heavy atom. The van der Waals surface area contributed by atoms with Crippen molar-refractivity contribution in [1.82, 2.24) is 15.3 Å². The molecule has 0 radical (unpaired) electrons. The fourth-order valence-electron chi connectivity index (χ4n) is 3.41. The second kappa shape index (κ2) is 10.4. The van der Waals surface area contributed by atoms with E-state index < -0.39 is 17.7 Å². The molecule has 1 aliphatic heterocycles. The highest BCUT2D eigenvalue weighted by molar-refractivity contribution is 5.94. The molecule has 32 heavy (non-hydrogen) atoms. The number of anilines is 2. The first kappa shape index (κ1) is 23.5. The number of aliphatic hydroxyl groups excluding tert-OH is 1. The standard InChI is InChI=1S/C23H31N5O4/c1-23(2,3)32-21(31)19(29)15-26-20(30)16-5-7-18(8-6-16)28-13-9-17(10-14-28)27-22-24-11-4-12-25-22/h4-8,11-12,17,19,29H,9-10,13-15H2,1-3H3,(H,26,30)(H,24,25,27). The number of esters is 1. The van der Waals surface area contributed by atoms with Gasteiger partial charge in [-0.2, -0.15) is 0 Å². The Kier molecular flexibility index (Phi) is 7.63. The van der Waals surface area contributed by atoms with Crippen LogP contribution in [0.1, 0.15) is 44.0 Å². The maximum atomic E-state index is 12.4. The van der Waals surface area contributed by atoms with Gasteiger partial charge in [-0.1, -0.05) is 0 Å². The van der Waals surface area contributed by atoms with Crippen LogP contribution in [-0.4, -0.2) is 64.3 Å². The molecule has 3 rings (SSSR count). The lowest BCUT2D eigenvalue weighted by atomic mass is 10.0. The van der Waals surface area contributed by atoms with E-state index >= 15 is 0 Å². The molecular weight excluding hydrogens is 410 g/mol. The van der Waals surface area contributed by atoms with Crippen LogP contribution in [-0.2, 0) is 9.53 Å². The Balaban J connectivity index is 1.45. The first-order chi connectivity index (χ1) is 15.2. The minimum atomic E-state index is -1.41. The van der Waals surface area contributed by atoms with E-state index in [2.05, 4.69) is 25.5 Å². The molecule has 1 amide bonds. The number of amides is 1.